The van der Waals surface area contributed by atoms with Crippen LogP contribution in [0.4, 0.5) is 0 Å². The van der Waals surface area contributed by atoms with Gasteiger partial charge in [-0.3, -0.25) is 0 Å². The molecule has 0 bridgehead atoms. The van der Waals surface area contributed by atoms with E-state index in [9.17, 15) is 0 Å². The van der Waals surface area contributed by atoms with Gasteiger partial charge in [-0.25, -0.2) is 0 Å². The van der Waals surface area contributed by atoms with E-state index in [0.717, 1.165) is 19.8 Å². The van der Waals surface area contributed by atoms with E-state index in [4.69, 9.17) is 9.47 Å². The minimum atomic E-state index is 0.708. The van der Waals surface area contributed by atoms with E-state index in [1.165, 1.54) is 25.9 Å². The molecule has 0 aromatic heterocycles. The Bertz CT molecular complexity index is 103. The van der Waals surface area contributed by atoms with Gasteiger partial charge in [-0.15, -0.1) is 0 Å². The van der Waals surface area contributed by atoms with E-state index in [0.29, 0.717) is 6.61 Å². The quantitative estimate of drug-likeness (QED) is 0.614. The summed E-state index contributed by atoms with van der Waals surface area (Å²) in [6.45, 7) is 9.89. The Morgan fingerprint density at radius 1 is 1.00 bits per heavy atom. The maximum atomic E-state index is 5.37. The van der Waals surface area contributed by atoms with Crippen LogP contribution in [0.3, 0.4) is 0 Å². The highest BCUT2D eigenvalue weighted by Gasteiger charge is 2.09. The monoisotopic (exact) mass is 203 g/mol. The number of ether oxygens (including phenoxy) is 2. The Labute approximate surface area is 88.4 Å². The van der Waals surface area contributed by atoms with E-state index < -0.39 is 0 Å². The number of hydrogen-bond donors (Lipinski definition) is 0. The number of methoxy groups -OCH3 is 1. The van der Waals surface area contributed by atoms with E-state index in [-0.39, 0.29) is 0 Å². The number of nitrogens with zero attached hydrogens (tertiary/aromatic N) is 1. The van der Waals surface area contributed by atoms with Gasteiger partial charge in [0.2, 0.25) is 0 Å². The first kappa shape index (κ1) is 13.9. The Hall–Kier alpha value is -0.120. The summed E-state index contributed by atoms with van der Waals surface area (Å²) in [6.07, 6.45) is 2.72. The molecule has 1 heterocycles. The van der Waals surface area contributed by atoms with Gasteiger partial charge in [0.25, 0.3) is 0 Å². The van der Waals surface area contributed by atoms with Crippen molar-refractivity contribution in [3.8, 4) is 0 Å². The molecule has 0 N–H and O–H groups in total. The van der Waals surface area contributed by atoms with Gasteiger partial charge in [-0.05, 0) is 25.9 Å². The van der Waals surface area contributed by atoms with E-state index in [1.807, 2.05) is 13.8 Å². The predicted octanol–water partition coefficient (Wildman–Crippen LogP) is 1.77. The highest BCUT2D eigenvalue weighted by Crippen LogP contribution is 2.05. The topological polar surface area (TPSA) is 21.7 Å². The molecule has 1 saturated heterocycles. The zero-order valence-electron chi connectivity index (χ0n) is 9.92. The molecular formula is C11H25NO2. The molecule has 1 aliphatic heterocycles. The molecule has 1 rings (SSSR count). The maximum Gasteiger partial charge on any atom is 0.0700 e. The highest BCUT2D eigenvalue weighted by molar-refractivity contribution is 4.64. The second kappa shape index (κ2) is 11.0. The smallest absolute Gasteiger partial charge is 0.0700 e. The molecule has 14 heavy (non-hydrogen) atoms. The van der Waals surface area contributed by atoms with Gasteiger partial charge in [0.15, 0.2) is 0 Å². The van der Waals surface area contributed by atoms with Crippen LogP contribution >= 0.6 is 0 Å². The van der Waals surface area contributed by atoms with Crippen LogP contribution in [0.15, 0.2) is 0 Å². The molecule has 0 atom stereocenters. The van der Waals surface area contributed by atoms with Crippen LogP contribution in [0.2, 0.25) is 0 Å². The van der Waals surface area contributed by atoms with Crippen molar-refractivity contribution in [2.24, 2.45) is 0 Å². The molecule has 0 spiro atoms. The molecule has 3 nitrogen and oxygen atoms in total. The van der Waals surface area contributed by atoms with Crippen molar-refractivity contribution in [3.05, 3.63) is 0 Å². The van der Waals surface area contributed by atoms with Crippen LogP contribution in [0.25, 0.3) is 0 Å². The Morgan fingerprint density at radius 2 is 1.64 bits per heavy atom. The van der Waals surface area contributed by atoms with Crippen LogP contribution in [0, 0.1) is 0 Å². The molecule has 86 valence electrons. The van der Waals surface area contributed by atoms with Gasteiger partial charge in [0, 0.05) is 13.7 Å². The molecule has 1 aliphatic rings. The molecule has 0 amide bonds. The summed E-state index contributed by atoms with van der Waals surface area (Å²) in [6, 6.07) is 0. The van der Waals surface area contributed by atoms with Crippen molar-refractivity contribution < 1.29 is 9.47 Å². The van der Waals surface area contributed by atoms with Crippen molar-refractivity contribution in [1.29, 1.82) is 0 Å². The largest absolute Gasteiger partial charge is 0.382 e. The van der Waals surface area contributed by atoms with Gasteiger partial charge in [0.05, 0.1) is 19.8 Å². The van der Waals surface area contributed by atoms with Crippen molar-refractivity contribution in [2.75, 3.05) is 46.6 Å². The third kappa shape index (κ3) is 7.30. The van der Waals surface area contributed by atoms with Crippen molar-refractivity contribution in [1.82, 2.24) is 4.90 Å². The average Bonchev–Trinajstić information content (AvgIpc) is 2.74. The first-order chi connectivity index (χ1) is 6.93. The van der Waals surface area contributed by atoms with Crippen LogP contribution < -0.4 is 0 Å². The summed E-state index contributed by atoms with van der Waals surface area (Å²) in [4.78, 5) is 2.45. The Balaban J connectivity index is 0.000000791. The maximum absolute atomic E-state index is 5.37. The summed E-state index contributed by atoms with van der Waals surface area (Å²) >= 11 is 0. The van der Waals surface area contributed by atoms with Gasteiger partial charge >= 0.3 is 0 Å². The summed E-state index contributed by atoms with van der Waals surface area (Å²) in [5.74, 6) is 0. The van der Waals surface area contributed by atoms with Crippen LogP contribution in [0.1, 0.15) is 26.7 Å². The second-order valence-electron chi connectivity index (χ2n) is 3.15. The molecular weight excluding hydrogens is 178 g/mol. The fourth-order valence-corrected chi connectivity index (χ4v) is 1.44. The second-order valence-corrected chi connectivity index (χ2v) is 3.15. The van der Waals surface area contributed by atoms with Crippen molar-refractivity contribution in [3.63, 3.8) is 0 Å². The fraction of sp³-hybridized carbons (Fsp3) is 1.00. The number of hydrogen-bond acceptors (Lipinski definition) is 3. The fourth-order valence-electron chi connectivity index (χ4n) is 1.44. The minimum Gasteiger partial charge on any atom is -0.382 e. The average molecular weight is 203 g/mol. The standard InChI is InChI=1S/C9H19NO2.C2H6/c1-11-8-9-12-7-6-10-4-2-3-5-10;1-2/h2-9H2,1H3;1-2H3. The van der Waals surface area contributed by atoms with Crippen LogP contribution in [-0.4, -0.2) is 51.5 Å². The van der Waals surface area contributed by atoms with E-state index in [1.54, 1.807) is 7.11 Å². The summed E-state index contributed by atoms with van der Waals surface area (Å²) in [7, 11) is 1.70. The third-order valence-electron chi connectivity index (χ3n) is 2.18. The van der Waals surface area contributed by atoms with Crippen molar-refractivity contribution >= 4 is 0 Å². The van der Waals surface area contributed by atoms with E-state index >= 15 is 0 Å². The predicted molar refractivity (Wildman–Crippen MR) is 59.7 cm³/mol. The Kier molecular flexibility index (Phi) is 10.9. The first-order valence-corrected chi connectivity index (χ1v) is 5.72. The molecule has 0 aliphatic carbocycles. The minimum absolute atomic E-state index is 0.708. The summed E-state index contributed by atoms with van der Waals surface area (Å²) in [5, 5.41) is 0. The van der Waals surface area contributed by atoms with Crippen LogP contribution in [0.5, 0.6) is 0 Å². The summed E-state index contributed by atoms with van der Waals surface area (Å²) < 4.78 is 10.2. The molecule has 0 aromatic rings. The molecule has 0 saturated carbocycles. The van der Waals surface area contributed by atoms with Gasteiger partial charge in [-0.1, -0.05) is 13.8 Å². The normalized spacial score (nSPS) is 16.5. The SMILES string of the molecule is CC.COCCOCCN1CCCC1. The molecule has 3 heteroatoms. The molecule has 1 fully saturated rings. The lowest BCUT2D eigenvalue weighted by atomic mass is 10.4. The van der Waals surface area contributed by atoms with Crippen LogP contribution in [-0.2, 0) is 9.47 Å². The molecule has 0 unspecified atom stereocenters. The zero-order chi connectivity index (χ0) is 10.6. The number of likely N-dealkylation sites (tertiary alicyclic amines) is 1. The number of rotatable bonds is 6. The highest BCUT2D eigenvalue weighted by atomic mass is 16.5. The molecule has 0 radical (unpaired) electrons. The lowest BCUT2D eigenvalue weighted by Gasteiger charge is -2.13. The van der Waals surface area contributed by atoms with Gasteiger partial charge < -0.3 is 14.4 Å². The van der Waals surface area contributed by atoms with Crippen molar-refractivity contribution in [2.45, 2.75) is 26.7 Å². The zero-order valence-corrected chi connectivity index (χ0v) is 9.92. The first-order valence-electron chi connectivity index (χ1n) is 5.72. The Morgan fingerprint density at radius 3 is 2.21 bits per heavy atom. The molecule has 0 aromatic carbocycles. The summed E-state index contributed by atoms with van der Waals surface area (Å²) in [5.41, 5.74) is 0. The van der Waals surface area contributed by atoms with Gasteiger partial charge in [0.1, 0.15) is 0 Å². The lowest BCUT2D eigenvalue weighted by molar-refractivity contribution is 0.0604. The lowest BCUT2D eigenvalue weighted by Crippen LogP contribution is -2.24. The van der Waals surface area contributed by atoms with E-state index in [2.05, 4.69) is 4.90 Å². The third-order valence-corrected chi connectivity index (χ3v) is 2.18. The van der Waals surface area contributed by atoms with Gasteiger partial charge in [-0.2, -0.15) is 0 Å².